The Labute approximate surface area is 201 Å². The zero-order chi connectivity index (χ0) is 22.9. The van der Waals surface area contributed by atoms with E-state index in [1.54, 1.807) is 18.3 Å². The van der Waals surface area contributed by atoms with E-state index in [9.17, 15) is 5.26 Å². The highest BCUT2D eigenvalue weighted by molar-refractivity contribution is 6.37. The maximum atomic E-state index is 9.71. The lowest BCUT2D eigenvalue weighted by atomic mass is 9.97. The minimum Gasteiger partial charge on any atom is -0.495 e. The van der Waals surface area contributed by atoms with Gasteiger partial charge in [-0.3, -0.25) is 4.98 Å². The van der Waals surface area contributed by atoms with Crippen molar-refractivity contribution in [3.8, 4) is 22.9 Å². The SMILES string of the molecule is COc1cc(Nc2c(C#N)cnc3cc(-c4cccc5ccccc45)ccc23)c(Cl)cc1Cl. The molecule has 0 aliphatic rings. The summed E-state index contributed by atoms with van der Waals surface area (Å²) in [6.07, 6.45) is 1.57. The number of rotatable bonds is 4. The second-order valence-electron chi connectivity index (χ2n) is 7.51. The van der Waals surface area contributed by atoms with Crippen molar-refractivity contribution in [2.24, 2.45) is 0 Å². The van der Waals surface area contributed by atoms with Crippen LogP contribution >= 0.6 is 23.2 Å². The molecule has 1 aromatic heterocycles. The Kier molecular flexibility index (Phi) is 5.51. The molecular formula is C27H17Cl2N3O. The molecule has 0 saturated carbocycles. The lowest BCUT2D eigenvalue weighted by Crippen LogP contribution is -1.98. The summed E-state index contributed by atoms with van der Waals surface area (Å²) in [5, 5.41) is 17.0. The molecule has 0 spiro atoms. The topological polar surface area (TPSA) is 57.9 Å². The Morgan fingerprint density at radius 3 is 2.55 bits per heavy atom. The van der Waals surface area contributed by atoms with E-state index in [0.29, 0.717) is 32.7 Å². The van der Waals surface area contributed by atoms with Gasteiger partial charge in [-0.1, -0.05) is 77.8 Å². The Hall–Kier alpha value is -3.78. The number of nitriles is 1. The van der Waals surface area contributed by atoms with E-state index in [1.165, 1.54) is 17.9 Å². The molecular weight excluding hydrogens is 453 g/mol. The van der Waals surface area contributed by atoms with Gasteiger partial charge >= 0.3 is 0 Å². The van der Waals surface area contributed by atoms with E-state index in [0.717, 1.165) is 22.0 Å². The van der Waals surface area contributed by atoms with Gasteiger partial charge < -0.3 is 10.1 Å². The zero-order valence-corrected chi connectivity index (χ0v) is 19.1. The highest BCUT2D eigenvalue weighted by atomic mass is 35.5. The van der Waals surface area contributed by atoms with Crippen molar-refractivity contribution in [1.29, 1.82) is 5.26 Å². The number of nitrogens with one attached hydrogen (secondary N) is 1. The fourth-order valence-corrected chi connectivity index (χ4v) is 4.48. The van der Waals surface area contributed by atoms with Gasteiger partial charge in [0, 0.05) is 17.6 Å². The predicted molar refractivity (Wildman–Crippen MR) is 136 cm³/mol. The number of fused-ring (bicyclic) bond motifs is 2. The Morgan fingerprint density at radius 2 is 1.73 bits per heavy atom. The monoisotopic (exact) mass is 469 g/mol. The lowest BCUT2D eigenvalue weighted by Gasteiger charge is -2.15. The molecule has 1 heterocycles. The number of benzene rings is 4. The first-order valence-electron chi connectivity index (χ1n) is 10.2. The highest BCUT2D eigenvalue weighted by Gasteiger charge is 2.14. The molecule has 0 saturated heterocycles. The Bertz CT molecular complexity index is 1570. The molecule has 0 atom stereocenters. The summed E-state index contributed by atoms with van der Waals surface area (Å²) >= 11 is 12.6. The van der Waals surface area contributed by atoms with Crippen molar-refractivity contribution < 1.29 is 4.74 Å². The van der Waals surface area contributed by atoms with Crippen molar-refractivity contribution in [3.63, 3.8) is 0 Å². The molecule has 0 bridgehead atoms. The van der Waals surface area contributed by atoms with Crippen molar-refractivity contribution in [1.82, 2.24) is 4.98 Å². The van der Waals surface area contributed by atoms with Gasteiger partial charge in [0.25, 0.3) is 0 Å². The first-order valence-corrected chi connectivity index (χ1v) is 11.0. The van der Waals surface area contributed by atoms with Gasteiger partial charge in [-0.2, -0.15) is 5.26 Å². The van der Waals surface area contributed by atoms with Crippen molar-refractivity contribution in [2.75, 3.05) is 12.4 Å². The number of halogens is 2. The van der Waals surface area contributed by atoms with Crippen LogP contribution in [0.1, 0.15) is 5.56 Å². The van der Waals surface area contributed by atoms with E-state index in [4.69, 9.17) is 27.9 Å². The van der Waals surface area contributed by atoms with Gasteiger partial charge in [0.2, 0.25) is 0 Å². The minimum absolute atomic E-state index is 0.408. The van der Waals surface area contributed by atoms with E-state index in [-0.39, 0.29) is 0 Å². The van der Waals surface area contributed by atoms with E-state index < -0.39 is 0 Å². The summed E-state index contributed by atoms with van der Waals surface area (Å²) in [5.41, 5.74) is 4.55. The smallest absolute Gasteiger partial charge is 0.139 e. The summed E-state index contributed by atoms with van der Waals surface area (Å²) in [7, 11) is 1.54. The second kappa shape index (κ2) is 8.63. The number of nitrogens with zero attached hydrogens (tertiary/aromatic N) is 2. The molecule has 0 aliphatic carbocycles. The fourth-order valence-electron chi connectivity index (χ4n) is 3.97. The number of methoxy groups -OCH3 is 1. The molecule has 160 valence electrons. The van der Waals surface area contributed by atoms with Crippen LogP contribution in [0.15, 0.2) is 79.0 Å². The van der Waals surface area contributed by atoms with Crippen LogP contribution in [-0.2, 0) is 0 Å². The lowest BCUT2D eigenvalue weighted by molar-refractivity contribution is 0.415. The predicted octanol–water partition coefficient (Wildman–Crippen LogP) is 7.99. The Morgan fingerprint density at radius 1 is 0.909 bits per heavy atom. The summed E-state index contributed by atoms with van der Waals surface area (Å²) < 4.78 is 5.31. The zero-order valence-electron chi connectivity index (χ0n) is 17.6. The van der Waals surface area contributed by atoms with E-state index >= 15 is 0 Å². The summed E-state index contributed by atoms with van der Waals surface area (Å²) in [4.78, 5) is 4.55. The van der Waals surface area contributed by atoms with Crippen LogP contribution in [0.4, 0.5) is 11.4 Å². The van der Waals surface area contributed by atoms with Crippen LogP contribution in [-0.4, -0.2) is 12.1 Å². The van der Waals surface area contributed by atoms with Gasteiger partial charge in [0.15, 0.2) is 0 Å². The third kappa shape index (κ3) is 3.82. The van der Waals surface area contributed by atoms with Crippen LogP contribution in [0, 0.1) is 11.3 Å². The number of anilines is 2. The Balaban J connectivity index is 1.65. The van der Waals surface area contributed by atoms with Crippen LogP contribution in [0.5, 0.6) is 5.75 Å². The standard InChI is InChI=1S/C27H17Cl2N3O/c1-33-26-13-25(22(28)12-23(26)29)32-27-18(14-30)15-31-24-11-17(9-10-21(24)27)20-8-4-6-16-5-2-3-7-19(16)20/h2-13,15H,1H3,(H,31,32). The van der Waals surface area contributed by atoms with Crippen LogP contribution in [0.2, 0.25) is 10.0 Å². The van der Waals surface area contributed by atoms with E-state index in [2.05, 4.69) is 46.7 Å². The summed E-state index contributed by atoms with van der Waals surface area (Å²) in [6.45, 7) is 0. The molecule has 6 heteroatoms. The molecule has 4 aromatic carbocycles. The molecule has 4 nitrogen and oxygen atoms in total. The average molecular weight is 470 g/mol. The summed E-state index contributed by atoms with van der Waals surface area (Å²) in [5.74, 6) is 0.485. The first kappa shape index (κ1) is 21.1. The number of hydrogen-bond donors (Lipinski definition) is 1. The largest absolute Gasteiger partial charge is 0.495 e. The second-order valence-corrected chi connectivity index (χ2v) is 8.32. The van der Waals surface area contributed by atoms with Gasteiger partial charge in [-0.15, -0.1) is 0 Å². The van der Waals surface area contributed by atoms with Gasteiger partial charge in [0.1, 0.15) is 11.8 Å². The number of hydrogen-bond acceptors (Lipinski definition) is 4. The molecule has 5 aromatic rings. The van der Waals surface area contributed by atoms with Crippen LogP contribution < -0.4 is 10.1 Å². The van der Waals surface area contributed by atoms with Crippen molar-refractivity contribution in [2.45, 2.75) is 0 Å². The number of ether oxygens (including phenoxy) is 1. The van der Waals surface area contributed by atoms with Crippen molar-refractivity contribution >= 4 is 56.3 Å². The summed E-state index contributed by atoms with van der Waals surface area (Å²) in [6, 6.07) is 26.1. The quantitative estimate of drug-likeness (QED) is 0.289. The highest BCUT2D eigenvalue weighted by Crippen LogP contribution is 2.39. The van der Waals surface area contributed by atoms with Gasteiger partial charge in [-0.05, 0) is 34.0 Å². The molecule has 0 aliphatic heterocycles. The van der Waals surface area contributed by atoms with E-state index in [1.807, 2.05) is 30.3 Å². The molecule has 0 radical (unpaired) electrons. The molecule has 33 heavy (non-hydrogen) atoms. The molecule has 5 rings (SSSR count). The third-order valence-corrected chi connectivity index (χ3v) is 6.20. The molecule has 0 fully saturated rings. The molecule has 0 unspecified atom stereocenters. The van der Waals surface area contributed by atoms with Crippen LogP contribution in [0.25, 0.3) is 32.8 Å². The number of aromatic nitrogens is 1. The first-order chi connectivity index (χ1) is 16.1. The number of pyridine rings is 1. The fraction of sp³-hybridized carbons (Fsp3) is 0.0370. The van der Waals surface area contributed by atoms with Gasteiger partial charge in [-0.25, -0.2) is 0 Å². The molecule has 1 N–H and O–H groups in total. The third-order valence-electron chi connectivity index (χ3n) is 5.59. The average Bonchev–Trinajstić information content (AvgIpc) is 2.85. The minimum atomic E-state index is 0.408. The maximum absolute atomic E-state index is 9.71. The molecule has 0 amide bonds. The van der Waals surface area contributed by atoms with Crippen LogP contribution in [0.3, 0.4) is 0 Å². The van der Waals surface area contributed by atoms with Crippen molar-refractivity contribution in [3.05, 3.63) is 94.6 Å². The van der Waals surface area contributed by atoms with Gasteiger partial charge in [0.05, 0.1) is 39.6 Å². The normalized spacial score (nSPS) is 10.8. The maximum Gasteiger partial charge on any atom is 0.139 e.